The fourth-order valence-electron chi connectivity index (χ4n) is 1.79. The first kappa shape index (κ1) is 15.7. The third-order valence-corrected chi connectivity index (χ3v) is 2.95. The second-order valence-corrected chi connectivity index (χ2v) is 6.13. The summed E-state index contributed by atoms with van der Waals surface area (Å²) in [5, 5.41) is 0. The van der Waals surface area contributed by atoms with E-state index in [0.29, 0.717) is 5.41 Å². The maximum atomic E-state index is 2.38. The Hall–Kier alpha value is -0.260. The summed E-state index contributed by atoms with van der Waals surface area (Å²) in [5.74, 6) is 0. The number of rotatable bonds is 9. The van der Waals surface area contributed by atoms with Crippen LogP contribution in [0.4, 0.5) is 0 Å². The molecule has 0 aliphatic heterocycles. The van der Waals surface area contributed by atoms with E-state index in [1.807, 2.05) is 0 Å². The normalized spacial score (nSPS) is 12.5. The molecule has 0 rings (SSSR count). The maximum Gasteiger partial charge on any atom is -0.0346 e. The lowest BCUT2D eigenvalue weighted by atomic mass is 9.90. The van der Waals surface area contributed by atoms with E-state index in [9.17, 15) is 0 Å². The van der Waals surface area contributed by atoms with Gasteiger partial charge in [0.15, 0.2) is 0 Å². The maximum absolute atomic E-state index is 2.38. The molecular formula is C16H32. The van der Waals surface area contributed by atoms with Crippen molar-refractivity contribution in [2.24, 2.45) is 5.41 Å². The van der Waals surface area contributed by atoms with Crippen LogP contribution in [0, 0.1) is 5.41 Å². The standard InChI is InChI=1S/C16H32/c1-5-6-7-8-9-10-11-12-13-14-15-16(2,3)4/h12-13H,5-11,14-15H2,1-4H3/b13-12-. The van der Waals surface area contributed by atoms with Gasteiger partial charge >= 0.3 is 0 Å². The van der Waals surface area contributed by atoms with E-state index in [2.05, 4.69) is 39.8 Å². The fourth-order valence-corrected chi connectivity index (χ4v) is 1.79. The minimum atomic E-state index is 0.491. The molecule has 0 spiro atoms. The van der Waals surface area contributed by atoms with Crippen molar-refractivity contribution >= 4 is 0 Å². The van der Waals surface area contributed by atoms with Crippen molar-refractivity contribution in [1.29, 1.82) is 0 Å². The Labute approximate surface area is 104 Å². The summed E-state index contributed by atoms with van der Waals surface area (Å²) in [5.41, 5.74) is 0.491. The first-order chi connectivity index (χ1) is 7.56. The molecule has 16 heavy (non-hydrogen) atoms. The van der Waals surface area contributed by atoms with Crippen molar-refractivity contribution in [2.45, 2.75) is 85.5 Å². The van der Waals surface area contributed by atoms with Gasteiger partial charge in [0.1, 0.15) is 0 Å². The summed E-state index contributed by atoms with van der Waals surface area (Å²) >= 11 is 0. The van der Waals surface area contributed by atoms with E-state index >= 15 is 0 Å². The molecule has 0 aliphatic carbocycles. The van der Waals surface area contributed by atoms with E-state index in [0.717, 1.165) is 0 Å². The molecule has 0 heterocycles. The predicted octanol–water partition coefficient (Wildman–Crippen LogP) is 6.12. The van der Waals surface area contributed by atoms with Crippen LogP contribution < -0.4 is 0 Å². The molecule has 96 valence electrons. The van der Waals surface area contributed by atoms with Crippen molar-refractivity contribution in [3.05, 3.63) is 12.2 Å². The summed E-state index contributed by atoms with van der Waals surface area (Å²) < 4.78 is 0. The van der Waals surface area contributed by atoms with Crippen molar-refractivity contribution in [3.63, 3.8) is 0 Å². The zero-order valence-corrected chi connectivity index (χ0v) is 12.0. The van der Waals surface area contributed by atoms with Crippen molar-refractivity contribution < 1.29 is 0 Å². The van der Waals surface area contributed by atoms with Crippen molar-refractivity contribution in [2.75, 3.05) is 0 Å². The molecule has 0 heteroatoms. The Kier molecular flexibility index (Phi) is 9.77. The summed E-state index contributed by atoms with van der Waals surface area (Å²) in [6.45, 7) is 9.22. The van der Waals surface area contributed by atoms with Crippen LogP contribution in [0.5, 0.6) is 0 Å². The monoisotopic (exact) mass is 224 g/mol. The molecule has 0 aromatic heterocycles. The van der Waals surface area contributed by atoms with E-state index in [1.165, 1.54) is 57.8 Å². The summed E-state index contributed by atoms with van der Waals surface area (Å²) in [6.07, 6.45) is 17.0. The van der Waals surface area contributed by atoms with Crippen LogP contribution in [0.2, 0.25) is 0 Å². The highest BCUT2D eigenvalue weighted by Gasteiger charge is 2.07. The van der Waals surface area contributed by atoms with Gasteiger partial charge in [-0.2, -0.15) is 0 Å². The largest absolute Gasteiger partial charge is 0.0885 e. The first-order valence-electron chi connectivity index (χ1n) is 7.21. The van der Waals surface area contributed by atoms with E-state index in [4.69, 9.17) is 0 Å². The Morgan fingerprint density at radius 3 is 1.94 bits per heavy atom. The molecule has 0 saturated heterocycles. The van der Waals surface area contributed by atoms with Gasteiger partial charge in [0.05, 0.1) is 0 Å². The third-order valence-electron chi connectivity index (χ3n) is 2.95. The lowest BCUT2D eigenvalue weighted by molar-refractivity contribution is 0.381. The quantitative estimate of drug-likeness (QED) is 0.327. The first-order valence-corrected chi connectivity index (χ1v) is 7.21. The molecule has 0 fully saturated rings. The van der Waals surface area contributed by atoms with Crippen LogP contribution >= 0.6 is 0 Å². The highest BCUT2D eigenvalue weighted by atomic mass is 14.1. The molecule has 0 aliphatic rings. The Morgan fingerprint density at radius 2 is 1.31 bits per heavy atom. The Balaban J connectivity index is 3.16. The molecule has 0 unspecified atom stereocenters. The number of allylic oxidation sites excluding steroid dienone is 2. The molecule has 0 aromatic rings. The van der Waals surface area contributed by atoms with E-state index in [-0.39, 0.29) is 0 Å². The molecule has 0 amide bonds. The lowest BCUT2D eigenvalue weighted by Crippen LogP contribution is -2.02. The van der Waals surface area contributed by atoms with Crippen LogP contribution in [0.25, 0.3) is 0 Å². The molecule has 0 saturated carbocycles. The van der Waals surface area contributed by atoms with Gasteiger partial charge in [-0.3, -0.25) is 0 Å². The SMILES string of the molecule is CCCCCCCC/C=C\CCC(C)(C)C. The van der Waals surface area contributed by atoms with Gasteiger partial charge in [0.25, 0.3) is 0 Å². The van der Waals surface area contributed by atoms with Gasteiger partial charge in [-0.15, -0.1) is 0 Å². The average molecular weight is 224 g/mol. The highest BCUT2D eigenvalue weighted by molar-refractivity contribution is 4.83. The van der Waals surface area contributed by atoms with Crippen LogP contribution in [0.3, 0.4) is 0 Å². The van der Waals surface area contributed by atoms with Crippen molar-refractivity contribution in [3.8, 4) is 0 Å². The Bertz CT molecular complexity index is 159. The summed E-state index contributed by atoms with van der Waals surface area (Å²) in [7, 11) is 0. The topological polar surface area (TPSA) is 0 Å². The molecule has 0 bridgehead atoms. The minimum Gasteiger partial charge on any atom is -0.0885 e. The van der Waals surface area contributed by atoms with Gasteiger partial charge in [0.2, 0.25) is 0 Å². The lowest BCUT2D eigenvalue weighted by Gasteiger charge is -2.15. The Morgan fingerprint density at radius 1 is 0.750 bits per heavy atom. The van der Waals surface area contributed by atoms with Gasteiger partial charge in [-0.25, -0.2) is 0 Å². The van der Waals surface area contributed by atoms with Crippen LogP contribution in [-0.2, 0) is 0 Å². The van der Waals surface area contributed by atoms with Crippen LogP contribution in [0.1, 0.15) is 85.5 Å². The predicted molar refractivity (Wildman–Crippen MR) is 75.8 cm³/mol. The summed E-state index contributed by atoms with van der Waals surface area (Å²) in [6, 6.07) is 0. The highest BCUT2D eigenvalue weighted by Crippen LogP contribution is 2.20. The number of hydrogen-bond donors (Lipinski definition) is 0. The number of unbranched alkanes of at least 4 members (excludes halogenated alkanes) is 6. The molecule has 0 aromatic carbocycles. The van der Waals surface area contributed by atoms with Gasteiger partial charge in [-0.05, 0) is 31.1 Å². The third kappa shape index (κ3) is 13.7. The van der Waals surface area contributed by atoms with Gasteiger partial charge in [0, 0.05) is 0 Å². The van der Waals surface area contributed by atoms with E-state index < -0.39 is 0 Å². The average Bonchev–Trinajstić information content (AvgIpc) is 2.19. The second-order valence-electron chi connectivity index (χ2n) is 6.13. The van der Waals surface area contributed by atoms with E-state index in [1.54, 1.807) is 0 Å². The fraction of sp³-hybridized carbons (Fsp3) is 0.875. The molecule has 0 N–H and O–H groups in total. The minimum absolute atomic E-state index is 0.491. The van der Waals surface area contributed by atoms with Gasteiger partial charge < -0.3 is 0 Å². The molecule has 0 atom stereocenters. The smallest absolute Gasteiger partial charge is 0.0346 e. The van der Waals surface area contributed by atoms with Gasteiger partial charge in [-0.1, -0.05) is 72.0 Å². The molecule has 0 nitrogen and oxygen atoms in total. The van der Waals surface area contributed by atoms with Crippen LogP contribution in [-0.4, -0.2) is 0 Å². The number of hydrogen-bond acceptors (Lipinski definition) is 0. The molecule has 0 radical (unpaired) electrons. The van der Waals surface area contributed by atoms with Crippen LogP contribution in [0.15, 0.2) is 12.2 Å². The molecular weight excluding hydrogens is 192 g/mol. The zero-order valence-electron chi connectivity index (χ0n) is 12.0. The second kappa shape index (κ2) is 9.93. The zero-order chi connectivity index (χ0) is 12.3. The summed E-state index contributed by atoms with van der Waals surface area (Å²) in [4.78, 5) is 0. The van der Waals surface area contributed by atoms with Crippen molar-refractivity contribution in [1.82, 2.24) is 0 Å².